The Morgan fingerprint density at radius 1 is 1.11 bits per heavy atom. The van der Waals surface area contributed by atoms with Crippen molar-refractivity contribution >= 4 is 18.0 Å². The molecule has 0 aromatic carbocycles. The summed E-state index contributed by atoms with van der Waals surface area (Å²) in [6, 6.07) is -1.18. The number of hydrogen-bond donors (Lipinski definition) is 4. The van der Waals surface area contributed by atoms with Crippen molar-refractivity contribution in [3.05, 3.63) is 0 Å². The van der Waals surface area contributed by atoms with Crippen molar-refractivity contribution in [2.75, 3.05) is 27.2 Å². The van der Waals surface area contributed by atoms with E-state index in [2.05, 4.69) is 16.0 Å². The topological polar surface area (TPSA) is 111 Å². The van der Waals surface area contributed by atoms with Gasteiger partial charge in [0.1, 0.15) is 0 Å². The first-order valence-electron chi connectivity index (χ1n) is 5.98. The number of hydrogen-bond acceptors (Lipinski definition) is 3. The summed E-state index contributed by atoms with van der Waals surface area (Å²) in [6.07, 6.45) is 0. The SMILES string of the molecule is CC(NC(=O)NCCNC(=O)N(C)C)C(C)C(=O)O. The van der Waals surface area contributed by atoms with Crippen molar-refractivity contribution in [1.82, 2.24) is 20.9 Å². The van der Waals surface area contributed by atoms with Gasteiger partial charge in [-0.25, -0.2) is 9.59 Å². The number of amides is 4. The Hall–Kier alpha value is -1.99. The normalized spacial score (nSPS) is 13.1. The van der Waals surface area contributed by atoms with Crippen molar-refractivity contribution in [1.29, 1.82) is 0 Å². The number of carbonyl (C=O) groups is 3. The first-order chi connectivity index (χ1) is 8.75. The third-order valence-corrected chi connectivity index (χ3v) is 2.59. The van der Waals surface area contributed by atoms with Crippen LogP contribution in [0.1, 0.15) is 13.8 Å². The molecule has 0 bridgehead atoms. The minimum Gasteiger partial charge on any atom is -0.481 e. The lowest BCUT2D eigenvalue weighted by Crippen LogP contribution is -2.47. The van der Waals surface area contributed by atoms with Gasteiger partial charge < -0.3 is 26.0 Å². The molecule has 0 aromatic rings. The predicted octanol–water partition coefficient (Wildman–Crippen LogP) is -0.334. The van der Waals surface area contributed by atoms with Crippen LogP contribution in [-0.2, 0) is 4.79 Å². The number of aliphatic carboxylic acids is 1. The summed E-state index contributed by atoms with van der Waals surface area (Å²) in [6.45, 7) is 3.70. The van der Waals surface area contributed by atoms with E-state index >= 15 is 0 Å². The highest BCUT2D eigenvalue weighted by Crippen LogP contribution is 2.01. The van der Waals surface area contributed by atoms with Crippen LogP contribution in [-0.4, -0.2) is 61.3 Å². The van der Waals surface area contributed by atoms with Crippen molar-refractivity contribution in [2.24, 2.45) is 5.92 Å². The Morgan fingerprint density at radius 2 is 1.63 bits per heavy atom. The maximum Gasteiger partial charge on any atom is 0.316 e. The fourth-order valence-corrected chi connectivity index (χ4v) is 1.10. The average molecular weight is 274 g/mol. The van der Waals surface area contributed by atoms with Crippen LogP contribution in [0.2, 0.25) is 0 Å². The predicted molar refractivity (Wildman–Crippen MR) is 69.9 cm³/mol. The number of nitrogens with one attached hydrogen (secondary N) is 3. The van der Waals surface area contributed by atoms with Gasteiger partial charge in [-0.15, -0.1) is 0 Å². The van der Waals surface area contributed by atoms with E-state index in [0.717, 1.165) is 0 Å². The number of rotatable bonds is 6. The number of urea groups is 2. The second-order valence-corrected chi connectivity index (χ2v) is 4.44. The van der Waals surface area contributed by atoms with E-state index in [1.807, 2.05) is 0 Å². The van der Waals surface area contributed by atoms with Crippen molar-refractivity contribution in [3.8, 4) is 0 Å². The van der Waals surface area contributed by atoms with Crippen LogP contribution < -0.4 is 16.0 Å². The van der Waals surface area contributed by atoms with E-state index in [-0.39, 0.29) is 12.6 Å². The van der Waals surface area contributed by atoms with Crippen LogP contribution in [0.25, 0.3) is 0 Å². The lowest BCUT2D eigenvalue weighted by Gasteiger charge is -2.18. The third kappa shape index (κ3) is 7.12. The minimum atomic E-state index is -0.967. The largest absolute Gasteiger partial charge is 0.481 e. The molecule has 0 aliphatic rings. The van der Waals surface area contributed by atoms with Gasteiger partial charge in [-0.1, -0.05) is 0 Å². The standard InChI is InChI=1S/C11H22N4O4/c1-7(9(16)17)8(2)14-10(18)12-5-6-13-11(19)15(3)4/h7-8H,5-6H2,1-4H3,(H,13,19)(H,16,17)(H2,12,14,18). The Labute approximate surface area is 112 Å². The van der Waals surface area contributed by atoms with Gasteiger partial charge in [0, 0.05) is 33.2 Å². The average Bonchev–Trinajstić information content (AvgIpc) is 2.32. The van der Waals surface area contributed by atoms with Crippen molar-refractivity contribution in [2.45, 2.75) is 19.9 Å². The maximum absolute atomic E-state index is 11.4. The quantitative estimate of drug-likeness (QED) is 0.497. The third-order valence-electron chi connectivity index (χ3n) is 2.59. The molecule has 4 N–H and O–H groups in total. The Kier molecular flexibility index (Phi) is 7.32. The van der Waals surface area contributed by atoms with Gasteiger partial charge in [0.25, 0.3) is 0 Å². The molecule has 0 radical (unpaired) electrons. The molecule has 0 aliphatic heterocycles. The van der Waals surface area contributed by atoms with Gasteiger partial charge >= 0.3 is 18.0 Å². The molecule has 0 saturated heterocycles. The molecule has 0 heterocycles. The summed E-state index contributed by atoms with van der Waals surface area (Å²) in [4.78, 5) is 34.7. The lowest BCUT2D eigenvalue weighted by molar-refractivity contribution is -0.141. The highest BCUT2D eigenvalue weighted by atomic mass is 16.4. The maximum atomic E-state index is 11.4. The summed E-state index contributed by atoms with van der Waals surface area (Å²) in [5.41, 5.74) is 0. The van der Waals surface area contributed by atoms with Crippen LogP contribution >= 0.6 is 0 Å². The fourth-order valence-electron chi connectivity index (χ4n) is 1.10. The van der Waals surface area contributed by atoms with Crippen molar-refractivity contribution < 1.29 is 19.5 Å². The molecule has 0 rings (SSSR count). The van der Waals surface area contributed by atoms with Crippen LogP contribution in [0.3, 0.4) is 0 Å². The van der Waals surface area contributed by atoms with Crippen LogP contribution in [0.4, 0.5) is 9.59 Å². The number of carbonyl (C=O) groups excluding carboxylic acids is 2. The van der Waals surface area contributed by atoms with Gasteiger partial charge in [0.05, 0.1) is 5.92 Å². The molecule has 2 atom stereocenters. The number of nitrogens with zero attached hydrogens (tertiary/aromatic N) is 1. The summed E-state index contributed by atoms with van der Waals surface area (Å²) in [7, 11) is 3.23. The first kappa shape index (κ1) is 17.0. The van der Waals surface area contributed by atoms with E-state index in [4.69, 9.17) is 5.11 Å². The van der Waals surface area contributed by atoms with Crippen LogP contribution in [0.5, 0.6) is 0 Å². The second kappa shape index (κ2) is 8.17. The molecule has 8 nitrogen and oxygen atoms in total. The smallest absolute Gasteiger partial charge is 0.316 e. The van der Waals surface area contributed by atoms with E-state index in [0.29, 0.717) is 6.54 Å². The summed E-state index contributed by atoms with van der Waals surface area (Å²) < 4.78 is 0. The molecule has 2 unspecified atom stereocenters. The Balaban J connectivity index is 3.82. The molecule has 0 fully saturated rings. The first-order valence-corrected chi connectivity index (χ1v) is 5.98. The summed E-state index contributed by atoms with van der Waals surface area (Å²) in [5.74, 6) is -1.63. The van der Waals surface area contributed by atoms with Crippen LogP contribution in [0, 0.1) is 5.92 Å². The van der Waals surface area contributed by atoms with E-state index < -0.39 is 24.0 Å². The van der Waals surface area contributed by atoms with E-state index in [1.165, 1.54) is 11.8 Å². The van der Waals surface area contributed by atoms with Gasteiger partial charge in [0.2, 0.25) is 0 Å². The molecule has 110 valence electrons. The zero-order valence-corrected chi connectivity index (χ0v) is 11.7. The van der Waals surface area contributed by atoms with E-state index in [1.54, 1.807) is 21.0 Å². The number of carboxylic acids is 1. The zero-order chi connectivity index (χ0) is 15.0. The Morgan fingerprint density at radius 3 is 2.11 bits per heavy atom. The monoisotopic (exact) mass is 274 g/mol. The molecule has 0 aliphatic carbocycles. The molecule has 0 spiro atoms. The van der Waals surface area contributed by atoms with Gasteiger partial charge in [-0.2, -0.15) is 0 Å². The number of carboxylic acid groups (broad SMARTS) is 1. The summed E-state index contributed by atoms with van der Waals surface area (Å²) in [5, 5.41) is 16.4. The summed E-state index contributed by atoms with van der Waals surface area (Å²) >= 11 is 0. The molecule has 0 aromatic heterocycles. The molecule has 0 saturated carbocycles. The van der Waals surface area contributed by atoms with Crippen LogP contribution in [0.15, 0.2) is 0 Å². The second-order valence-electron chi connectivity index (χ2n) is 4.44. The zero-order valence-electron chi connectivity index (χ0n) is 11.7. The molecule has 8 heteroatoms. The molecule has 19 heavy (non-hydrogen) atoms. The van der Waals surface area contributed by atoms with Gasteiger partial charge in [-0.3, -0.25) is 4.79 Å². The fraction of sp³-hybridized carbons (Fsp3) is 0.727. The van der Waals surface area contributed by atoms with Gasteiger partial charge in [0.15, 0.2) is 0 Å². The van der Waals surface area contributed by atoms with E-state index in [9.17, 15) is 14.4 Å². The minimum absolute atomic E-state index is 0.241. The van der Waals surface area contributed by atoms with Gasteiger partial charge in [-0.05, 0) is 13.8 Å². The highest BCUT2D eigenvalue weighted by molar-refractivity contribution is 5.76. The lowest BCUT2D eigenvalue weighted by atomic mass is 10.0. The highest BCUT2D eigenvalue weighted by Gasteiger charge is 2.20. The molecular formula is C11H22N4O4. The van der Waals surface area contributed by atoms with Crippen molar-refractivity contribution in [3.63, 3.8) is 0 Å². The molecule has 4 amide bonds. The molecular weight excluding hydrogens is 252 g/mol. The Bertz CT molecular complexity index is 333.